The third-order valence-electron chi connectivity index (χ3n) is 2.33. The van der Waals surface area contributed by atoms with Gasteiger partial charge in [0.25, 0.3) is 0 Å². The zero-order chi connectivity index (χ0) is 13.1. The van der Waals surface area contributed by atoms with Crippen molar-refractivity contribution < 1.29 is 5.11 Å². The van der Waals surface area contributed by atoms with Crippen LogP contribution in [0.5, 0.6) is 5.75 Å². The summed E-state index contributed by atoms with van der Waals surface area (Å²) in [6.45, 7) is 0. The average Bonchev–Trinajstić information content (AvgIpc) is 2.34. The summed E-state index contributed by atoms with van der Waals surface area (Å²) in [7, 11) is 0. The van der Waals surface area contributed by atoms with Crippen LogP contribution in [0.15, 0.2) is 50.3 Å². The van der Waals surface area contributed by atoms with Gasteiger partial charge in [-0.05, 0) is 52.3 Å². The highest BCUT2D eigenvalue weighted by Crippen LogP contribution is 2.27. The van der Waals surface area contributed by atoms with E-state index < -0.39 is 0 Å². The smallest absolute Gasteiger partial charge is 0.115 e. The Bertz CT molecular complexity index is 595. The number of nitrogens with two attached hydrogens (primary N) is 1. The van der Waals surface area contributed by atoms with E-state index in [9.17, 15) is 5.11 Å². The predicted molar refractivity (Wildman–Crippen MR) is 81.6 cm³/mol. The SMILES string of the molecule is Nc1c(Br)cc(Br)cc1C=Nc1ccc(O)cc1. The Kier molecular flexibility index (Phi) is 4.04. The molecule has 0 aromatic heterocycles. The van der Waals surface area contributed by atoms with Gasteiger partial charge in [0, 0.05) is 20.7 Å². The topological polar surface area (TPSA) is 58.6 Å². The highest BCUT2D eigenvalue weighted by atomic mass is 79.9. The second-order valence-corrected chi connectivity index (χ2v) is 5.44. The number of rotatable bonds is 2. The molecule has 3 N–H and O–H groups in total. The van der Waals surface area contributed by atoms with Crippen molar-refractivity contribution in [3.05, 3.63) is 50.9 Å². The van der Waals surface area contributed by atoms with Crippen LogP contribution in [0.3, 0.4) is 0 Å². The number of anilines is 1. The summed E-state index contributed by atoms with van der Waals surface area (Å²) in [6, 6.07) is 10.4. The molecule has 3 nitrogen and oxygen atoms in total. The van der Waals surface area contributed by atoms with Gasteiger partial charge >= 0.3 is 0 Å². The van der Waals surface area contributed by atoms with E-state index >= 15 is 0 Å². The molecule has 0 fully saturated rings. The minimum Gasteiger partial charge on any atom is -0.508 e. The molecule has 92 valence electrons. The number of phenols is 1. The lowest BCUT2D eigenvalue weighted by atomic mass is 10.2. The number of phenolic OH excluding ortho intramolecular Hbond substituents is 1. The van der Waals surface area contributed by atoms with Crippen molar-refractivity contribution in [1.82, 2.24) is 0 Å². The molecule has 5 heteroatoms. The highest BCUT2D eigenvalue weighted by Gasteiger charge is 2.03. The summed E-state index contributed by atoms with van der Waals surface area (Å²) in [5, 5.41) is 9.17. The summed E-state index contributed by atoms with van der Waals surface area (Å²) in [6.07, 6.45) is 1.69. The molecule has 0 aliphatic heterocycles. The van der Waals surface area contributed by atoms with E-state index in [4.69, 9.17) is 5.73 Å². The van der Waals surface area contributed by atoms with E-state index in [1.165, 1.54) is 0 Å². The van der Waals surface area contributed by atoms with Crippen molar-refractivity contribution in [3.8, 4) is 5.75 Å². The third-order valence-corrected chi connectivity index (χ3v) is 3.44. The first-order valence-electron chi connectivity index (χ1n) is 5.14. The summed E-state index contributed by atoms with van der Waals surface area (Å²) in [4.78, 5) is 4.30. The Morgan fingerprint density at radius 1 is 1.11 bits per heavy atom. The van der Waals surface area contributed by atoms with E-state index in [0.29, 0.717) is 5.69 Å². The van der Waals surface area contributed by atoms with Gasteiger partial charge in [0.1, 0.15) is 5.75 Å². The van der Waals surface area contributed by atoms with Crippen LogP contribution >= 0.6 is 31.9 Å². The predicted octanol–water partition coefficient (Wildman–Crippen LogP) is 4.25. The molecule has 0 bridgehead atoms. The summed E-state index contributed by atoms with van der Waals surface area (Å²) < 4.78 is 1.75. The van der Waals surface area contributed by atoms with E-state index in [-0.39, 0.29) is 5.75 Å². The molecule has 0 saturated carbocycles. The van der Waals surface area contributed by atoms with Gasteiger partial charge in [-0.2, -0.15) is 0 Å². The molecule has 0 atom stereocenters. The molecule has 2 rings (SSSR count). The number of hydrogen-bond donors (Lipinski definition) is 2. The number of hydrogen-bond acceptors (Lipinski definition) is 3. The molecule has 2 aromatic rings. The first-order chi connectivity index (χ1) is 8.56. The van der Waals surface area contributed by atoms with Gasteiger partial charge < -0.3 is 10.8 Å². The molecule has 0 radical (unpaired) electrons. The fraction of sp³-hybridized carbons (Fsp3) is 0. The standard InChI is InChI=1S/C13H10Br2N2O/c14-9-5-8(13(16)12(15)6-9)7-17-10-1-3-11(18)4-2-10/h1-7,18H,16H2. The molecule has 2 aromatic carbocycles. The van der Waals surface area contributed by atoms with Crippen molar-refractivity contribution in [2.24, 2.45) is 4.99 Å². The Hall–Kier alpha value is -1.33. The van der Waals surface area contributed by atoms with Gasteiger partial charge in [-0.1, -0.05) is 15.9 Å². The van der Waals surface area contributed by atoms with Crippen LogP contribution < -0.4 is 5.73 Å². The Labute approximate surface area is 122 Å². The van der Waals surface area contributed by atoms with Crippen molar-refractivity contribution in [2.45, 2.75) is 0 Å². The highest BCUT2D eigenvalue weighted by molar-refractivity contribution is 9.11. The first-order valence-corrected chi connectivity index (χ1v) is 6.72. The van der Waals surface area contributed by atoms with Gasteiger partial charge in [0.05, 0.1) is 11.4 Å². The van der Waals surface area contributed by atoms with Crippen LogP contribution in [0, 0.1) is 0 Å². The normalized spacial score (nSPS) is 11.0. The van der Waals surface area contributed by atoms with Crippen molar-refractivity contribution in [2.75, 3.05) is 5.73 Å². The second kappa shape index (κ2) is 5.54. The summed E-state index contributed by atoms with van der Waals surface area (Å²) in [5.74, 6) is 0.221. The number of aromatic hydroxyl groups is 1. The lowest BCUT2D eigenvalue weighted by Gasteiger charge is -2.04. The Morgan fingerprint density at radius 2 is 1.78 bits per heavy atom. The number of aliphatic imine (C=N–C) groups is 1. The van der Waals surface area contributed by atoms with Gasteiger partial charge in [0.2, 0.25) is 0 Å². The number of nitrogen functional groups attached to an aromatic ring is 1. The maximum absolute atomic E-state index is 9.17. The molecule has 0 heterocycles. The molecule has 0 aliphatic rings. The fourth-order valence-electron chi connectivity index (χ4n) is 1.39. The van der Waals surface area contributed by atoms with Crippen molar-refractivity contribution in [1.29, 1.82) is 0 Å². The third kappa shape index (κ3) is 3.11. The van der Waals surface area contributed by atoms with Crippen LogP contribution in [0.4, 0.5) is 11.4 Å². The van der Waals surface area contributed by atoms with Crippen LogP contribution in [0.1, 0.15) is 5.56 Å². The van der Waals surface area contributed by atoms with Crippen LogP contribution in [0.25, 0.3) is 0 Å². The molecule has 0 aliphatic carbocycles. The fourth-order valence-corrected chi connectivity index (χ4v) is 2.65. The maximum atomic E-state index is 9.17. The minimum absolute atomic E-state index is 0.221. The van der Waals surface area contributed by atoms with Crippen molar-refractivity contribution in [3.63, 3.8) is 0 Å². The lowest BCUT2D eigenvalue weighted by Crippen LogP contribution is -1.94. The quantitative estimate of drug-likeness (QED) is 0.614. The molecular formula is C13H10Br2N2O. The average molecular weight is 370 g/mol. The van der Waals surface area contributed by atoms with Crippen LogP contribution in [0.2, 0.25) is 0 Å². The maximum Gasteiger partial charge on any atom is 0.115 e. The van der Waals surface area contributed by atoms with E-state index in [1.54, 1.807) is 30.5 Å². The number of halogens is 2. The molecule has 0 spiro atoms. The molecule has 0 saturated heterocycles. The van der Waals surface area contributed by atoms with E-state index in [2.05, 4.69) is 36.9 Å². The minimum atomic E-state index is 0.221. The lowest BCUT2D eigenvalue weighted by molar-refractivity contribution is 0.475. The monoisotopic (exact) mass is 368 g/mol. The second-order valence-electron chi connectivity index (χ2n) is 3.67. The zero-order valence-corrected chi connectivity index (χ0v) is 12.4. The largest absolute Gasteiger partial charge is 0.508 e. The number of benzene rings is 2. The van der Waals surface area contributed by atoms with Gasteiger partial charge in [-0.25, -0.2) is 0 Å². The summed E-state index contributed by atoms with van der Waals surface area (Å²) in [5.41, 5.74) is 8.16. The van der Waals surface area contributed by atoms with Crippen molar-refractivity contribution >= 4 is 49.4 Å². The van der Waals surface area contributed by atoms with Crippen LogP contribution in [-0.4, -0.2) is 11.3 Å². The Balaban J connectivity index is 2.31. The van der Waals surface area contributed by atoms with Gasteiger partial charge in [-0.15, -0.1) is 0 Å². The zero-order valence-electron chi connectivity index (χ0n) is 9.27. The molecule has 0 unspecified atom stereocenters. The van der Waals surface area contributed by atoms with E-state index in [0.717, 1.165) is 20.2 Å². The first kappa shape index (κ1) is 13.1. The number of nitrogens with zero attached hydrogens (tertiary/aromatic N) is 1. The van der Waals surface area contributed by atoms with Gasteiger partial charge in [-0.3, -0.25) is 4.99 Å². The molecule has 0 amide bonds. The summed E-state index contributed by atoms with van der Waals surface area (Å²) >= 11 is 6.79. The Morgan fingerprint density at radius 3 is 2.44 bits per heavy atom. The molecular weight excluding hydrogens is 360 g/mol. The van der Waals surface area contributed by atoms with Crippen LogP contribution in [-0.2, 0) is 0 Å². The molecule has 18 heavy (non-hydrogen) atoms. The van der Waals surface area contributed by atoms with E-state index in [1.807, 2.05) is 12.1 Å². The van der Waals surface area contributed by atoms with Gasteiger partial charge in [0.15, 0.2) is 0 Å².